The van der Waals surface area contributed by atoms with Crippen LogP contribution >= 0.6 is 0 Å². The van der Waals surface area contributed by atoms with Crippen molar-refractivity contribution >= 4 is 90.5 Å². The minimum absolute atomic E-state index is 0.174. The van der Waals surface area contributed by atoms with Gasteiger partial charge in [-0.3, -0.25) is 0 Å². The van der Waals surface area contributed by atoms with Gasteiger partial charge in [-0.25, -0.2) is 39.9 Å². The summed E-state index contributed by atoms with van der Waals surface area (Å²) < 4.78 is 63.6. The molecule has 18 aromatic rings. The maximum Gasteiger partial charge on any atom is 0.163 e. The predicted molar refractivity (Wildman–Crippen MR) is 545 cm³/mol. The van der Waals surface area contributed by atoms with Crippen molar-refractivity contribution in [1.82, 2.24) is 59.8 Å². The molecule has 4 N–H and O–H groups in total. The lowest BCUT2D eigenvalue weighted by Crippen LogP contribution is -2.16. The van der Waals surface area contributed by atoms with Crippen LogP contribution < -0.4 is 18.9 Å². The summed E-state index contributed by atoms with van der Waals surface area (Å²) in [5.41, 5.74) is 31.9. The van der Waals surface area contributed by atoms with Crippen LogP contribution in [0.25, 0.3) is 225 Å². The molecule has 5 aliphatic rings. The van der Waals surface area contributed by atoms with Crippen LogP contribution in [-0.4, -0.2) is 166 Å². The summed E-state index contributed by atoms with van der Waals surface area (Å²) >= 11 is 0. The Hall–Kier alpha value is -16.4. The molecule has 0 radical (unpaired) electrons. The van der Waals surface area contributed by atoms with Gasteiger partial charge in [-0.05, 0) is 117 Å². The molecule has 0 amide bonds. The van der Waals surface area contributed by atoms with Gasteiger partial charge in [0.2, 0.25) is 0 Å². The number of fused-ring (bicyclic) bond motifs is 26. The van der Waals surface area contributed by atoms with Crippen molar-refractivity contribution in [3.05, 3.63) is 338 Å². The Balaban J connectivity index is 0.543. The van der Waals surface area contributed by atoms with Gasteiger partial charge in [0.25, 0.3) is 0 Å². The number of hydrogen-bond donors (Lipinski definition) is 4. The van der Waals surface area contributed by atoms with E-state index < -0.39 is 0 Å². The van der Waals surface area contributed by atoms with Crippen LogP contribution in [0.3, 0.4) is 0 Å². The number of hydrogen-bond acceptors (Lipinski definition) is 18. The molecule has 676 valence electrons. The molecule has 8 aromatic heterocycles. The molecule has 0 spiro atoms. The number of benzene rings is 10. The summed E-state index contributed by atoms with van der Waals surface area (Å²) in [5.74, 6) is 1.79. The molecule has 23 rings (SSSR count). The van der Waals surface area contributed by atoms with E-state index in [4.69, 9.17) is 87.2 Å². The van der Waals surface area contributed by atoms with Gasteiger partial charge < -0.3 is 67.3 Å². The first-order chi connectivity index (χ1) is 68.5. The molecule has 22 nitrogen and oxygen atoms in total. The summed E-state index contributed by atoms with van der Waals surface area (Å²) in [6.07, 6.45) is 8.46. The molecular formula is C116H92N12O10. The minimum Gasteiger partial charge on any atom is -0.487 e. The maximum atomic E-state index is 6.67. The topological polar surface area (TPSA) is 259 Å². The van der Waals surface area contributed by atoms with E-state index in [1.54, 1.807) is 0 Å². The van der Waals surface area contributed by atoms with E-state index in [1.807, 2.05) is 121 Å². The average Bonchev–Trinajstić information content (AvgIpc) is 1.58. The lowest BCUT2D eigenvalue weighted by atomic mass is 10.00. The van der Waals surface area contributed by atoms with Crippen LogP contribution in [0.2, 0.25) is 0 Å². The summed E-state index contributed by atoms with van der Waals surface area (Å²) in [6.45, 7) is 4.11. The van der Waals surface area contributed by atoms with Gasteiger partial charge >= 0.3 is 0 Å². The fourth-order valence-corrected chi connectivity index (χ4v) is 18.6. The van der Waals surface area contributed by atoms with Crippen LogP contribution in [0.4, 0.5) is 0 Å². The normalized spacial score (nSPS) is 14.2. The summed E-state index contributed by atoms with van der Waals surface area (Å²) in [6, 6.07) is 108. The van der Waals surface area contributed by atoms with E-state index in [9.17, 15) is 0 Å². The third-order valence-corrected chi connectivity index (χ3v) is 24.9. The van der Waals surface area contributed by atoms with Crippen molar-refractivity contribution in [2.24, 2.45) is 0 Å². The van der Waals surface area contributed by atoms with E-state index in [1.165, 1.54) is 0 Å². The van der Waals surface area contributed by atoms with E-state index in [0.717, 1.165) is 156 Å². The molecule has 0 aliphatic carbocycles. The zero-order valence-electron chi connectivity index (χ0n) is 75.3. The number of aromatic nitrogens is 12. The van der Waals surface area contributed by atoms with Crippen molar-refractivity contribution in [1.29, 1.82) is 0 Å². The molecule has 16 bridgehead atoms. The second-order valence-corrected chi connectivity index (χ2v) is 33.6. The highest BCUT2D eigenvalue weighted by Crippen LogP contribution is 2.51. The van der Waals surface area contributed by atoms with Crippen LogP contribution in [0.5, 0.6) is 23.0 Å². The van der Waals surface area contributed by atoms with Crippen molar-refractivity contribution in [2.45, 2.75) is 0 Å². The van der Waals surface area contributed by atoms with Gasteiger partial charge in [-0.2, -0.15) is 0 Å². The van der Waals surface area contributed by atoms with Crippen LogP contribution in [0.15, 0.2) is 315 Å². The first-order valence-electron chi connectivity index (χ1n) is 46.6. The van der Waals surface area contributed by atoms with Crippen molar-refractivity contribution < 1.29 is 47.4 Å². The lowest BCUT2D eigenvalue weighted by molar-refractivity contribution is 0.00250. The molecule has 13 heterocycles. The SMILES string of the molecule is C1=Cc2nc1c(-c1ccccc1)c1ccc([nH]1)c(-c1ccccc1)c1nc(c(-c3ccccc3)c3ccc([nH]3)c2-c2ccccc2)-c2nc3cc4c(cc3nc2-1)OCCOCCOCCOCCOc1cc2nc3c(nc2cc1OCCOCCOCCOCCO4)-c1nc-3c(-c2ccccc2)c2ccc([nH]2)c(-c2ccccc2)c2nc(c(-c3ccccc3)c3ccc([nH]3)c1-c1ccccc1)C=C2. The zero-order valence-corrected chi connectivity index (χ0v) is 75.3. The molecule has 10 aromatic carbocycles. The van der Waals surface area contributed by atoms with E-state index in [2.05, 4.69) is 238 Å². The fraction of sp³-hybridized carbons (Fsp3) is 0.138. The smallest absolute Gasteiger partial charge is 0.163 e. The zero-order chi connectivity index (χ0) is 91.9. The van der Waals surface area contributed by atoms with Crippen LogP contribution in [0, 0.1) is 0 Å². The van der Waals surface area contributed by atoms with Crippen molar-refractivity contribution in [2.75, 3.05) is 106 Å². The lowest BCUT2D eigenvalue weighted by Gasteiger charge is -2.15. The first kappa shape index (κ1) is 85.7. The van der Waals surface area contributed by atoms with Gasteiger partial charge in [-0.15, -0.1) is 0 Å². The molecule has 0 saturated carbocycles. The quantitative estimate of drug-likeness (QED) is 0.110. The van der Waals surface area contributed by atoms with E-state index >= 15 is 0 Å². The van der Waals surface area contributed by atoms with Crippen LogP contribution in [0.1, 0.15) is 22.8 Å². The van der Waals surface area contributed by atoms with Crippen LogP contribution in [-0.2, 0) is 28.4 Å². The molecule has 22 heteroatoms. The minimum atomic E-state index is 0.174. The first-order valence-corrected chi connectivity index (χ1v) is 46.6. The van der Waals surface area contributed by atoms with Gasteiger partial charge in [0.15, 0.2) is 23.0 Å². The highest BCUT2D eigenvalue weighted by Gasteiger charge is 2.33. The Morgan fingerprint density at radius 1 is 0.159 bits per heavy atom. The van der Waals surface area contributed by atoms with Gasteiger partial charge in [0.05, 0.1) is 124 Å². The monoisotopic (exact) mass is 1810 g/mol. The van der Waals surface area contributed by atoms with E-state index in [-0.39, 0.29) is 52.9 Å². The Morgan fingerprint density at radius 2 is 0.326 bits per heavy atom. The Kier molecular flexibility index (Phi) is 24.4. The largest absolute Gasteiger partial charge is 0.487 e. The van der Waals surface area contributed by atoms with Crippen molar-refractivity contribution in [3.8, 4) is 158 Å². The number of rotatable bonds is 8. The summed E-state index contributed by atoms with van der Waals surface area (Å²) in [5, 5.41) is 0. The number of ether oxygens (including phenoxy) is 10. The third-order valence-electron chi connectivity index (χ3n) is 24.9. The van der Waals surface area contributed by atoms with Crippen molar-refractivity contribution in [3.63, 3.8) is 0 Å². The molecule has 138 heavy (non-hydrogen) atoms. The van der Waals surface area contributed by atoms with E-state index in [0.29, 0.717) is 143 Å². The Morgan fingerprint density at radius 3 is 0.514 bits per heavy atom. The molecule has 0 fully saturated rings. The second kappa shape index (κ2) is 39.2. The maximum absolute atomic E-state index is 6.67. The average molecular weight is 1810 g/mol. The molecule has 0 unspecified atom stereocenters. The highest BCUT2D eigenvalue weighted by molar-refractivity contribution is 6.08. The summed E-state index contributed by atoms with van der Waals surface area (Å²) in [7, 11) is 0. The Labute approximate surface area is 794 Å². The highest BCUT2D eigenvalue weighted by atomic mass is 16.6. The number of aromatic amines is 4. The number of nitrogens with zero attached hydrogens (tertiary/aromatic N) is 8. The third kappa shape index (κ3) is 17.5. The fourth-order valence-electron chi connectivity index (χ4n) is 18.6. The number of H-pyrrole nitrogens is 4. The molecule has 5 aliphatic heterocycles. The van der Waals surface area contributed by atoms with Gasteiger partial charge in [-0.1, -0.05) is 243 Å². The second-order valence-electron chi connectivity index (χ2n) is 33.6. The van der Waals surface area contributed by atoms with Gasteiger partial charge in [0, 0.05) is 113 Å². The molecular weight excluding hydrogens is 1720 g/mol. The molecule has 0 saturated heterocycles. The summed E-state index contributed by atoms with van der Waals surface area (Å²) in [4.78, 5) is 60.9. The predicted octanol–water partition coefficient (Wildman–Crippen LogP) is 24.5. The Bertz CT molecular complexity index is 7100. The molecule has 0 atom stereocenters. The number of nitrogens with one attached hydrogen (secondary N) is 4. The van der Waals surface area contributed by atoms with Gasteiger partial charge in [0.1, 0.15) is 72.0 Å². The standard InChI is InChI=1S/C116H92N12O10/c1-9-25-73(26-10-1)101-81-41-42-82(117-81)102(74-27-11-2-12-28-74)86-46-50-90(120-86)106(78-35-19-6-20-36-78)110-114-113(109(127-110)105(77-33-17-5-18-34-77)89-49-45-85(101)119-89)123-93-69-97-98(70-94(93)124-114)136-66-62-132-58-54-130-56-60-134-64-68-138-100-72-96-95(71-99(100)137-67-63-133-59-55-129-53-57-131-61-65-135-97)125-115-111-107(79-37-21-7-22-38-79)91-51-47-87(121-91)103(75-29-13-3-14-30-75)83-43-44-84(118-83)104(76-31-15-4-16-32-76)88-48-52-92(122-88)108(80-39-23-8-24-40-80)112(128-111)116(115)126-96/h1-52,69-72,119-122H,53-68H2.